The van der Waals surface area contributed by atoms with E-state index in [1.165, 1.54) is 36.5 Å². The van der Waals surface area contributed by atoms with Crippen LogP contribution in [-0.2, 0) is 23.2 Å². The molecule has 1 aliphatic carbocycles. The van der Waals surface area contributed by atoms with Crippen molar-refractivity contribution in [3.05, 3.63) is 75.2 Å². The number of hydrogen-bond acceptors (Lipinski definition) is 8. The third-order valence-corrected chi connectivity index (χ3v) is 8.72. The third kappa shape index (κ3) is 7.58. The average Bonchev–Trinajstić information content (AvgIpc) is 3.39. The van der Waals surface area contributed by atoms with E-state index in [2.05, 4.69) is 9.71 Å². The second-order valence-corrected chi connectivity index (χ2v) is 12.0. The van der Waals surface area contributed by atoms with Crippen LogP contribution in [-0.4, -0.2) is 56.9 Å². The van der Waals surface area contributed by atoms with Crippen LogP contribution in [0.5, 0.6) is 11.5 Å². The van der Waals surface area contributed by atoms with E-state index in [4.69, 9.17) is 9.47 Å². The van der Waals surface area contributed by atoms with Gasteiger partial charge in [0.1, 0.15) is 22.2 Å². The molecular formula is C28H34N4O6S2. The van der Waals surface area contributed by atoms with Gasteiger partial charge in [-0.3, -0.25) is 9.59 Å². The van der Waals surface area contributed by atoms with Gasteiger partial charge in [0.05, 0.1) is 20.8 Å². The van der Waals surface area contributed by atoms with Gasteiger partial charge in [0.25, 0.3) is 11.8 Å². The Labute approximate surface area is 238 Å². The number of carbonyl (C=O) groups is 2. The lowest BCUT2D eigenvalue weighted by molar-refractivity contribution is 0.0740. The molecule has 1 aliphatic rings. The molecule has 10 nitrogen and oxygen atoms in total. The molecule has 214 valence electrons. The number of hydrogen-bond donors (Lipinski definition) is 2. The lowest BCUT2D eigenvalue weighted by atomic mass is 9.94. The molecule has 1 heterocycles. The summed E-state index contributed by atoms with van der Waals surface area (Å²) >= 11 is 1.19. The highest BCUT2D eigenvalue weighted by Crippen LogP contribution is 2.30. The Kier molecular flexibility index (Phi) is 9.77. The molecule has 0 bridgehead atoms. The first kappa shape index (κ1) is 29.5. The summed E-state index contributed by atoms with van der Waals surface area (Å²) in [6.45, 7) is 2.44. The van der Waals surface area contributed by atoms with Gasteiger partial charge in [-0.2, -0.15) is 13.1 Å². The Hall–Kier alpha value is -3.48. The van der Waals surface area contributed by atoms with Crippen LogP contribution in [0.2, 0.25) is 0 Å². The summed E-state index contributed by atoms with van der Waals surface area (Å²) in [4.78, 5) is 32.3. The molecule has 1 aromatic heterocycles. The van der Waals surface area contributed by atoms with Gasteiger partial charge >= 0.3 is 10.2 Å². The highest BCUT2D eigenvalue weighted by molar-refractivity contribution is 7.88. The molecule has 2 amide bonds. The van der Waals surface area contributed by atoms with Crippen molar-refractivity contribution in [2.45, 2.75) is 51.6 Å². The lowest BCUT2D eigenvalue weighted by Crippen LogP contribution is -2.47. The second kappa shape index (κ2) is 13.2. The molecule has 0 radical (unpaired) electrons. The zero-order chi connectivity index (χ0) is 28.7. The maximum atomic E-state index is 13.7. The van der Waals surface area contributed by atoms with Gasteiger partial charge in [-0.05, 0) is 50.3 Å². The highest BCUT2D eigenvalue weighted by atomic mass is 32.2. The number of thiazole rings is 1. The molecular weight excluding hydrogens is 552 g/mol. The van der Waals surface area contributed by atoms with Gasteiger partial charge in [0, 0.05) is 29.1 Å². The number of nitrogens with zero attached hydrogens (tertiary/aromatic N) is 2. The Balaban J connectivity index is 1.50. The first-order chi connectivity index (χ1) is 19.2. The minimum absolute atomic E-state index is 0.0191. The maximum Gasteiger partial charge on any atom is 0.301 e. The first-order valence-corrected chi connectivity index (χ1v) is 15.4. The minimum Gasteiger partial charge on any atom is -0.496 e. The Bertz CT molecular complexity index is 1410. The normalized spacial score (nSPS) is 13.4. The molecule has 0 saturated heterocycles. The SMILES string of the molecule is COc1cc(C(=O)N(CCCc2ccccc2)Cc2nc(C(=O)NS(=O)(=O)NC3CCC3)cs2)cc(OC)c1C. The van der Waals surface area contributed by atoms with Crippen molar-refractivity contribution in [2.24, 2.45) is 0 Å². The Morgan fingerprint density at radius 1 is 1.10 bits per heavy atom. The van der Waals surface area contributed by atoms with Gasteiger partial charge < -0.3 is 14.4 Å². The van der Waals surface area contributed by atoms with E-state index < -0.39 is 16.1 Å². The molecule has 2 N–H and O–H groups in total. The number of carbonyl (C=O) groups excluding carboxylic acids is 2. The van der Waals surface area contributed by atoms with E-state index in [1.54, 1.807) is 17.0 Å². The molecule has 4 rings (SSSR count). The molecule has 1 saturated carbocycles. The summed E-state index contributed by atoms with van der Waals surface area (Å²) in [5, 5.41) is 2.00. The number of benzene rings is 2. The fourth-order valence-electron chi connectivity index (χ4n) is 4.36. The van der Waals surface area contributed by atoms with Crippen molar-refractivity contribution in [1.82, 2.24) is 19.3 Å². The van der Waals surface area contributed by atoms with Crippen molar-refractivity contribution >= 4 is 33.4 Å². The van der Waals surface area contributed by atoms with Crippen LogP contribution < -0.4 is 18.9 Å². The van der Waals surface area contributed by atoms with Crippen molar-refractivity contribution < 1.29 is 27.5 Å². The van der Waals surface area contributed by atoms with E-state index in [0.717, 1.165) is 31.2 Å². The van der Waals surface area contributed by atoms with Crippen LogP contribution >= 0.6 is 11.3 Å². The quantitative estimate of drug-likeness (QED) is 0.311. The standard InChI is InChI=1S/C28H34N4O6S2/c1-19-24(37-2)15-21(16-25(19)38-3)28(34)32(14-8-11-20-9-5-4-6-10-20)17-26-29-23(18-39-26)27(33)31-40(35,36)30-22-12-7-13-22/h4-6,9-10,15-16,18,22,30H,7-8,11-14,17H2,1-3H3,(H,31,33). The van der Waals surface area contributed by atoms with Crippen LogP contribution in [0.3, 0.4) is 0 Å². The van der Waals surface area contributed by atoms with E-state index in [0.29, 0.717) is 35.0 Å². The van der Waals surface area contributed by atoms with Crippen molar-refractivity contribution in [1.29, 1.82) is 0 Å². The molecule has 0 unspecified atom stereocenters. The van der Waals surface area contributed by atoms with Crippen LogP contribution in [0, 0.1) is 6.92 Å². The molecule has 2 aromatic carbocycles. The maximum absolute atomic E-state index is 13.7. The summed E-state index contributed by atoms with van der Waals surface area (Å²) in [6, 6.07) is 13.2. The zero-order valence-corrected chi connectivity index (χ0v) is 24.4. The van der Waals surface area contributed by atoms with Gasteiger partial charge in [0.15, 0.2) is 0 Å². The predicted molar refractivity (Wildman–Crippen MR) is 153 cm³/mol. The molecule has 1 fully saturated rings. The summed E-state index contributed by atoms with van der Waals surface area (Å²) < 4.78 is 40.0. The van der Waals surface area contributed by atoms with Crippen LogP contribution in [0.4, 0.5) is 0 Å². The summed E-state index contributed by atoms with van der Waals surface area (Å²) in [6.07, 6.45) is 3.95. The van der Waals surface area contributed by atoms with Crippen LogP contribution in [0.25, 0.3) is 0 Å². The van der Waals surface area contributed by atoms with Crippen LogP contribution in [0.15, 0.2) is 47.8 Å². The second-order valence-electron chi connectivity index (χ2n) is 9.63. The number of aromatic nitrogens is 1. The van der Waals surface area contributed by atoms with Crippen LogP contribution in [0.1, 0.15) is 62.7 Å². The third-order valence-electron chi connectivity index (χ3n) is 6.79. The van der Waals surface area contributed by atoms with Gasteiger partial charge in [-0.15, -0.1) is 11.3 Å². The highest BCUT2D eigenvalue weighted by Gasteiger charge is 2.26. The fraction of sp³-hybridized carbons (Fsp3) is 0.393. The van der Waals surface area contributed by atoms with Gasteiger partial charge in [0.2, 0.25) is 0 Å². The summed E-state index contributed by atoms with van der Waals surface area (Å²) in [7, 11) is -0.902. The average molecular weight is 587 g/mol. The van der Waals surface area contributed by atoms with E-state index >= 15 is 0 Å². The topological polar surface area (TPSA) is 127 Å². The minimum atomic E-state index is -3.98. The number of methoxy groups -OCH3 is 2. The fourth-order valence-corrected chi connectivity index (χ4v) is 6.23. The Morgan fingerprint density at radius 3 is 2.38 bits per heavy atom. The largest absolute Gasteiger partial charge is 0.496 e. The molecule has 0 atom stereocenters. The monoisotopic (exact) mass is 586 g/mol. The molecule has 12 heteroatoms. The van der Waals surface area contributed by atoms with Gasteiger partial charge in [-0.1, -0.05) is 36.8 Å². The van der Waals surface area contributed by atoms with Gasteiger partial charge in [-0.25, -0.2) is 9.71 Å². The number of ether oxygens (including phenoxy) is 2. The van der Waals surface area contributed by atoms with E-state index in [1.807, 2.05) is 42.0 Å². The first-order valence-electron chi connectivity index (χ1n) is 13.0. The number of amides is 2. The molecule has 0 aliphatic heterocycles. The zero-order valence-electron chi connectivity index (χ0n) is 22.8. The lowest BCUT2D eigenvalue weighted by Gasteiger charge is -2.25. The molecule has 40 heavy (non-hydrogen) atoms. The summed E-state index contributed by atoms with van der Waals surface area (Å²) in [5.74, 6) is 0.0242. The molecule has 3 aromatic rings. The van der Waals surface area contributed by atoms with Crippen molar-refractivity contribution in [3.8, 4) is 11.5 Å². The van der Waals surface area contributed by atoms with E-state index in [9.17, 15) is 18.0 Å². The number of nitrogens with one attached hydrogen (secondary N) is 2. The molecule has 0 spiro atoms. The number of aryl methyl sites for hydroxylation is 1. The Morgan fingerprint density at radius 2 is 1.77 bits per heavy atom. The predicted octanol–water partition coefficient (Wildman–Crippen LogP) is 3.86. The van der Waals surface area contributed by atoms with Crippen molar-refractivity contribution in [3.63, 3.8) is 0 Å². The van der Waals surface area contributed by atoms with E-state index in [-0.39, 0.29) is 24.2 Å². The van der Waals surface area contributed by atoms with Crippen molar-refractivity contribution in [2.75, 3.05) is 20.8 Å². The number of rotatable bonds is 13. The smallest absolute Gasteiger partial charge is 0.301 e. The summed E-state index contributed by atoms with van der Waals surface area (Å²) in [5.41, 5.74) is 2.34.